The number of nitrogens with one attached hydrogen (secondary N) is 1. The number of hydrogen-bond donors (Lipinski definition) is 1. The maximum absolute atomic E-state index is 12.9. The van der Waals surface area contributed by atoms with E-state index in [1.165, 1.54) is 20.7 Å². The predicted octanol–water partition coefficient (Wildman–Crippen LogP) is 3.57. The highest BCUT2D eigenvalue weighted by atomic mass is 127. The van der Waals surface area contributed by atoms with Gasteiger partial charge >= 0.3 is 0 Å². The molecule has 3 rings (SSSR count). The van der Waals surface area contributed by atoms with Crippen LogP contribution in [-0.4, -0.2) is 22.2 Å². The van der Waals surface area contributed by atoms with Crippen LogP contribution in [0.1, 0.15) is 11.1 Å². The van der Waals surface area contributed by atoms with Gasteiger partial charge in [-0.3, -0.25) is 16.9 Å². The molecular formula is C19H17IN4O2S. The van der Waals surface area contributed by atoms with E-state index in [9.17, 15) is 9.00 Å². The summed E-state index contributed by atoms with van der Waals surface area (Å²) in [5.41, 5.74) is 3.91. The summed E-state index contributed by atoms with van der Waals surface area (Å²) in [5, 5.41) is 6.64. The third-order valence-corrected chi connectivity index (χ3v) is 5.78. The summed E-state index contributed by atoms with van der Waals surface area (Å²) in [5.74, 6) is 0.279. The van der Waals surface area contributed by atoms with Crippen molar-refractivity contribution in [2.75, 3.05) is 0 Å². The quantitative estimate of drug-likeness (QED) is 0.565. The number of rotatable bonds is 4. The molecule has 0 saturated heterocycles. The summed E-state index contributed by atoms with van der Waals surface area (Å²) in [7, 11) is -1.45. The van der Waals surface area contributed by atoms with Gasteiger partial charge in [0.2, 0.25) is 5.16 Å². The van der Waals surface area contributed by atoms with E-state index in [1.807, 2.05) is 72.3 Å². The fraction of sp³-hybridized carbons (Fsp3) is 0.105. The number of hydrogen-bond acceptors (Lipinski definition) is 4. The van der Waals surface area contributed by atoms with Crippen molar-refractivity contribution in [3.05, 3.63) is 88.6 Å². The molecule has 0 saturated carbocycles. The molecule has 0 bridgehead atoms. The lowest BCUT2D eigenvalue weighted by molar-refractivity contribution is 0.672. The van der Waals surface area contributed by atoms with E-state index in [2.05, 4.69) is 21.2 Å². The van der Waals surface area contributed by atoms with E-state index < -0.39 is 10.8 Å². The van der Waals surface area contributed by atoms with Gasteiger partial charge in [0, 0.05) is 12.4 Å². The average Bonchev–Trinajstić information content (AvgIpc) is 2.74. The molecule has 0 aliphatic rings. The minimum atomic E-state index is -1.45. The van der Waals surface area contributed by atoms with Crippen molar-refractivity contribution in [1.29, 1.82) is 0 Å². The molecule has 0 aliphatic carbocycles. The molecule has 0 amide bonds. The van der Waals surface area contributed by atoms with Gasteiger partial charge in [-0.2, -0.15) is 5.10 Å². The molecule has 0 spiro atoms. The fourth-order valence-corrected chi connectivity index (χ4v) is 3.79. The van der Waals surface area contributed by atoms with Gasteiger partial charge in [-0.25, -0.2) is 4.98 Å². The number of aromatic nitrogens is 4. The molecule has 1 atom stereocenters. The Hall–Kier alpha value is -2.33. The molecule has 1 heterocycles. The zero-order chi connectivity index (χ0) is 19.2. The summed E-state index contributed by atoms with van der Waals surface area (Å²) < 4.78 is 14.2. The number of nitrogens with zero attached hydrogens (tertiary/aromatic N) is 3. The van der Waals surface area contributed by atoms with Crippen LogP contribution >= 0.6 is 22.9 Å². The molecule has 138 valence electrons. The Bertz CT molecular complexity index is 1090. The van der Waals surface area contributed by atoms with Crippen molar-refractivity contribution in [3.63, 3.8) is 0 Å². The Morgan fingerprint density at radius 3 is 2.81 bits per heavy atom. The Morgan fingerprint density at radius 2 is 2.00 bits per heavy atom. The Balaban J connectivity index is 1.96. The Morgan fingerprint density at radius 1 is 1.19 bits per heavy atom. The van der Waals surface area contributed by atoms with Crippen LogP contribution < -0.4 is 5.56 Å². The van der Waals surface area contributed by atoms with Crippen molar-refractivity contribution in [2.24, 2.45) is 0 Å². The van der Waals surface area contributed by atoms with Crippen molar-refractivity contribution >= 4 is 33.7 Å². The fourth-order valence-electron chi connectivity index (χ4n) is 2.52. The molecule has 0 fully saturated rings. The lowest BCUT2D eigenvalue weighted by Crippen LogP contribution is -2.07. The summed E-state index contributed by atoms with van der Waals surface area (Å²) in [4.78, 5) is 15.8. The first-order valence-electron chi connectivity index (χ1n) is 8.10. The molecule has 6 nitrogen and oxygen atoms in total. The first kappa shape index (κ1) is 19.4. The van der Waals surface area contributed by atoms with E-state index in [1.54, 1.807) is 0 Å². The first-order chi connectivity index (χ1) is 13.0. The topological polar surface area (TPSA) is 80.6 Å². The van der Waals surface area contributed by atoms with Gasteiger partial charge in [-0.15, -0.1) is 0 Å². The van der Waals surface area contributed by atoms with Gasteiger partial charge in [0.15, 0.2) is 0 Å². The average molecular weight is 492 g/mol. The molecule has 27 heavy (non-hydrogen) atoms. The maximum atomic E-state index is 12.9. The summed E-state index contributed by atoms with van der Waals surface area (Å²) in [6.07, 6.45) is 4.03. The largest absolute Gasteiger partial charge is 0.279 e. The van der Waals surface area contributed by atoms with E-state index in [0.29, 0.717) is 0 Å². The van der Waals surface area contributed by atoms with Crippen molar-refractivity contribution in [1.82, 2.24) is 18.0 Å². The standard InChI is InChI=1S/C19H17IN4O2S/c1-14-5-4-7-15(11-14)17-8-3-2-6-16(17)13-27(26)19-21-9-10-24(20)18(25)12-22-23-19/h2-12H,13H2,1H3,(H,21,23). The van der Waals surface area contributed by atoms with Crippen LogP contribution in [0.4, 0.5) is 0 Å². The van der Waals surface area contributed by atoms with E-state index in [-0.39, 0.29) is 16.5 Å². The molecule has 0 aliphatic heterocycles. The van der Waals surface area contributed by atoms with E-state index in [4.69, 9.17) is 0 Å². The van der Waals surface area contributed by atoms with Crippen LogP contribution in [0.5, 0.6) is 0 Å². The van der Waals surface area contributed by atoms with Crippen LogP contribution in [0.25, 0.3) is 11.1 Å². The number of H-pyrrole nitrogens is 1. The monoisotopic (exact) mass is 492 g/mol. The highest BCUT2D eigenvalue weighted by Gasteiger charge is 2.11. The SMILES string of the molecule is Cc1cccc(-c2ccccc2CS(=O)c2nccn(I)c(=O)cn[nH]2)c1. The third-order valence-electron chi connectivity index (χ3n) is 3.78. The normalized spacial score (nSPS) is 11.6. The lowest BCUT2D eigenvalue weighted by Gasteiger charge is -2.10. The van der Waals surface area contributed by atoms with Gasteiger partial charge in [-0.05, 0) is 23.6 Å². The first-order valence-corrected chi connectivity index (χ1v) is 10.4. The summed E-state index contributed by atoms with van der Waals surface area (Å²) >= 11 is 1.83. The Kier molecular flexibility index (Phi) is 6.51. The van der Waals surface area contributed by atoms with Crippen molar-refractivity contribution < 1.29 is 4.21 Å². The molecule has 8 heteroatoms. The van der Waals surface area contributed by atoms with Crippen LogP contribution in [0.15, 0.2) is 77.1 Å². The molecule has 1 N–H and O–H groups in total. The third kappa shape index (κ3) is 5.10. The highest BCUT2D eigenvalue weighted by Crippen LogP contribution is 2.26. The zero-order valence-electron chi connectivity index (χ0n) is 14.5. The van der Waals surface area contributed by atoms with Gasteiger partial charge in [0.05, 0.1) is 39.4 Å². The second-order valence-electron chi connectivity index (χ2n) is 5.77. The van der Waals surface area contributed by atoms with Crippen LogP contribution in [-0.2, 0) is 16.6 Å². The number of benzene rings is 2. The maximum Gasteiger partial charge on any atom is 0.279 e. The van der Waals surface area contributed by atoms with Gasteiger partial charge in [0.1, 0.15) is 6.20 Å². The van der Waals surface area contributed by atoms with E-state index in [0.717, 1.165) is 22.9 Å². The Labute approximate surface area is 173 Å². The summed E-state index contributed by atoms with van der Waals surface area (Å²) in [6, 6.07) is 16.1. The molecule has 0 radical (unpaired) electrons. The molecule has 1 aromatic heterocycles. The molecule has 2 aromatic carbocycles. The smallest absolute Gasteiger partial charge is 0.267 e. The summed E-state index contributed by atoms with van der Waals surface area (Å²) in [6.45, 7) is 2.04. The predicted molar refractivity (Wildman–Crippen MR) is 114 cm³/mol. The zero-order valence-corrected chi connectivity index (χ0v) is 17.5. The second-order valence-corrected chi connectivity index (χ2v) is 8.17. The molecular weight excluding hydrogens is 475 g/mol. The number of aromatic amines is 1. The van der Waals surface area contributed by atoms with Crippen LogP contribution in [0.3, 0.4) is 0 Å². The van der Waals surface area contributed by atoms with E-state index >= 15 is 0 Å². The van der Waals surface area contributed by atoms with Crippen molar-refractivity contribution in [2.45, 2.75) is 17.8 Å². The minimum absolute atomic E-state index is 0.195. The number of halogens is 1. The number of aryl methyl sites for hydroxylation is 1. The van der Waals surface area contributed by atoms with Gasteiger partial charge in [-0.1, -0.05) is 54.1 Å². The molecule has 3 aromatic rings. The van der Waals surface area contributed by atoms with Crippen molar-refractivity contribution in [3.8, 4) is 11.1 Å². The van der Waals surface area contributed by atoms with Gasteiger partial charge in [0.25, 0.3) is 5.56 Å². The van der Waals surface area contributed by atoms with Gasteiger partial charge < -0.3 is 0 Å². The minimum Gasteiger partial charge on any atom is -0.267 e. The highest BCUT2D eigenvalue weighted by molar-refractivity contribution is 14.1. The van der Waals surface area contributed by atoms with Crippen LogP contribution in [0, 0.1) is 6.92 Å². The second kappa shape index (κ2) is 9.05. The van der Waals surface area contributed by atoms with Crippen LogP contribution in [0.2, 0.25) is 0 Å². The lowest BCUT2D eigenvalue weighted by atomic mass is 9.99. The molecule has 1 unspecified atom stereocenters.